The van der Waals surface area contributed by atoms with E-state index in [2.05, 4.69) is 74.8 Å². The first kappa shape index (κ1) is 21.7. The fraction of sp³-hybridized carbons (Fsp3) is 0.407. The summed E-state index contributed by atoms with van der Waals surface area (Å²) in [6.45, 7) is 9.46. The van der Waals surface area contributed by atoms with E-state index in [4.69, 9.17) is 0 Å². The minimum atomic E-state index is 0.420. The van der Waals surface area contributed by atoms with Crippen LogP contribution in [0.2, 0.25) is 0 Å². The number of nitrogens with one attached hydrogen (secondary N) is 2. The summed E-state index contributed by atoms with van der Waals surface area (Å²) in [7, 11) is 0. The first-order valence-electron chi connectivity index (χ1n) is 12.0. The van der Waals surface area contributed by atoms with Crippen LogP contribution in [0, 0.1) is 17.2 Å². The number of rotatable bonds is 5. The number of anilines is 2. The topological polar surface area (TPSA) is 67.2 Å². The van der Waals surface area contributed by atoms with Gasteiger partial charge in [-0.1, -0.05) is 19.1 Å². The van der Waals surface area contributed by atoms with Crippen molar-refractivity contribution < 1.29 is 0 Å². The third-order valence-corrected chi connectivity index (χ3v) is 6.88. The van der Waals surface area contributed by atoms with Crippen LogP contribution in [0.1, 0.15) is 24.5 Å². The third-order valence-electron chi connectivity index (χ3n) is 6.88. The van der Waals surface area contributed by atoms with Crippen molar-refractivity contribution in [2.24, 2.45) is 5.92 Å². The van der Waals surface area contributed by atoms with Crippen molar-refractivity contribution >= 4 is 22.3 Å². The highest BCUT2D eigenvalue weighted by molar-refractivity contribution is 5.95. The van der Waals surface area contributed by atoms with Gasteiger partial charge in [0, 0.05) is 74.8 Å². The molecule has 0 bridgehead atoms. The van der Waals surface area contributed by atoms with E-state index in [9.17, 15) is 5.26 Å². The van der Waals surface area contributed by atoms with E-state index < -0.39 is 0 Å². The van der Waals surface area contributed by atoms with Gasteiger partial charge in [0.25, 0.3) is 0 Å². The molecule has 6 nitrogen and oxygen atoms in total. The summed E-state index contributed by atoms with van der Waals surface area (Å²) in [6.07, 6.45) is 2.94. The molecule has 6 heteroatoms. The zero-order valence-electron chi connectivity index (χ0n) is 19.3. The third kappa shape index (κ3) is 4.80. The van der Waals surface area contributed by atoms with Crippen molar-refractivity contribution in [3.63, 3.8) is 0 Å². The summed E-state index contributed by atoms with van der Waals surface area (Å²) in [6, 6.07) is 19.8. The lowest BCUT2D eigenvalue weighted by Crippen LogP contribution is -2.48. The fourth-order valence-corrected chi connectivity index (χ4v) is 5.23. The van der Waals surface area contributed by atoms with Gasteiger partial charge in [-0.05, 0) is 54.3 Å². The number of benzene rings is 2. The maximum absolute atomic E-state index is 9.47. The highest BCUT2D eigenvalue weighted by Gasteiger charge is 2.26. The smallest absolute Gasteiger partial charge is 0.101 e. The van der Waals surface area contributed by atoms with Gasteiger partial charge in [-0.15, -0.1) is 0 Å². The number of pyridine rings is 1. The maximum atomic E-state index is 9.47. The van der Waals surface area contributed by atoms with E-state index in [0.29, 0.717) is 17.5 Å². The van der Waals surface area contributed by atoms with Crippen LogP contribution in [0.25, 0.3) is 10.9 Å². The first-order chi connectivity index (χ1) is 16.2. The average Bonchev–Trinajstić information content (AvgIpc) is 2.87. The van der Waals surface area contributed by atoms with Gasteiger partial charge in [-0.25, -0.2) is 0 Å². The molecule has 0 amide bonds. The molecule has 3 aromatic rings. The molecule has 0 radical (unpaired) electrons. The summed E-state index contributed by atoms with van der Waals surface area (Å²) in [5.41, 5.74) is 5.25. The van der Waals surface area contributed by atoms with Crippen LogP contribution in [0.3, 0.4) is 0 Å². The monoisotopic (exact) mass is 440 g/mol. The van der Waals surface area contributed by atoms with Crippen LogP contribution >= 0.6 is 0 Å². The van der Waals surface area contributed by atoms with E-state index in [1.54, 1.807) is 6.20 Å². The molecule has 170 valence electrons. The second kappa shape index (κ2) is 9.78. The van der Waals surface area contributed by atoms with Gasteiger partial charge in [-0.2, -0.15) is 5.26 Å². The van der Waals surface area contributed by atoms with Crippen molar-refractivity contribution in [1.29, 1.82) is 5.26 Å². The molecule has 2 aliphatic heterocycles. The Morgan fingerprint density at radius 2 is 1.88 bits per heavy atom. The molecule has 33 heavy (non-hydrogen) atoms. The summed E-state index contributed by atoms with van der Waals surface area (Å²) in [5, 5.41) is 17.8. The molecule has 2 N–H and O–H groups in total. The number of aromatic nitrogens is 1. The second-order valence-corrected chi connectivity index (χ2v) is 9.37. The van der Waals surface area contributed by atoms with E-state index in [0.717, 1.165) is 56.7 Å². The molecule has 0 aliphatic carbocycles. The van der Waals surface area contributed by atoms with Crippen LogP contribution in [0.15, 0.2) is 54.7 Å². The maximum Gasteiger partial charge on any atom is 0.101 e. The lowest BCUT2D eigenvalue weighted by atomic mass is 9.94. The highest BCUT2D eigenvalue weighted by Crippen LogP contribution is 2.31. The van der Waals surface area contributed by atoms with E-state index >= 15 is 0 Å². The largest absolute Gasteiger partial charge is 0.369 e. The zero-order chi connectivity index (χ0) is 22.6. The average molecular weight is 441 g/mol. The molecule has 1 aromatic heterocycles. The Hall–Kier alpha value is -3.14. The molecule has 0 saturated carbocycles. The summed E-state index contributed by atoms with van der Waals surface area (Å²) in [5.74, 6) is 0.591. The molecule has 2 saturated heterocycles. The molecule has 2 unspecified atom stereocenters. The Labute approximate surface area is 196 Å². The van der Waals surface area contributed by atoms with Crippen molar-refractivity contribution in [2.45, 2.75) is 25.9 Å². The zero-order valence-corrected chi connectivity index (χ0v) is 19.3. The number of hydrogen-bond acceptors (Lipinski definition) is 6. The highest BCUT2D eigenvalue weighted by atomic mass is 15.2. The molecule has 5 rings (SSSR count). The number of fused-ring (bicyclic) bond motifs is 1. The quantitative estimate of drug-likeness (QED) is 0.633. The Bertz CT molecular complexity index is 1130. The second-order valence-electron chi connectivity index (χ2n) is 9.37. The van der Waals surface area contributed by atoms with Crippen LogP contribution in [-0.2, 0) is 6.54 Å². The van der Waals surface area contributed by atoms with Crippen molar-refractivity contribution in [2.75, 3.05) is 49.1 Å². The molecule has 0 spiro atoms. The molecule has 2 aromatic carbocycles. The minimum Gasteiger partial charge on any atom is -0.369 e. The minimum absolute atomic E-state index is 0.420. The van der Waals surface area contributed by atoms with Crippen LogP contribution in [0.5, 0.6) is 0 Å². The molecular formula is C27H32N6. The SMILES string of the molecule is CC1CC(NCc2ccc(N3CCNCC3)cc2)CN(c2ccc(C#N)c3ncccc23)C1. The Morgan fingerprint density at radius 1 is 1.06 bits per heavy atom. The van der Waals surface area contributed by atoms with E-state index in [1.807, 2.05) is 12.1 Å². The van der Waals surface area contributed by atoms with Gasteiger partial charge < -0.3 is 20.4 Å². The van der Waals surface area contributed by atoms with E-state index in [-0.39, 0.29) is 0 Å². The van der Waals surface area contributed by atoms with Crippen LogP contribution < -0.4 is 20.4 Å². The normalized spacial score (nSPS) is 21.2. The molecular weight excluding hydrogens is 408 g/mol. The van der Waals surface area contributed by atoms with Gasteiger partial charge in [0.05, 0.1) is 11.1 Å². The van der Waals surface area contributed by atoms with Gasteiger partial charge in [0.1, 0.15) is 6.07 Å². The van der Waals surface area contributed by atoms with Crippen molar-refractivity contribution in [3.8, 4) is 6.07 Å². The van der Waals surface area contributed by atoms with Crippen LogP contribution in [-0.4, -0.2) is 50.3 Å². The van der Waals surface area contributed by atoms with Gasteiger partial charge in [0.2, 0.25) is 0 Å². The van der Waals surface area contributed by atoms with Crippen molar-refractivity contribution in [3.05, 3.63) is 65.9 Å². The van der Waals surface area contributed by atoms with Crippen LogP contribution in [0.4, 0.5) is 11.4 Å². The number of piperazine rings is 1. The van der Waals surface area contributed by atoms with Gasteiger partial charge >= 0.3 is 0 Å². The number of piperidine rings is 1. The predicted molar refractivity (Wildman–Crippen MR) is 135 cm³/mol. The summed E-state index contributed by atoms with van der Waals surface area (Å²) >= 11 is 0. The molecule has 3 heterocycles. The lowest BCUT2D eigenvalue weighted by molar-refractivity contribution is 0.350. The van der Waals surface area contributed by atoms with E-state index in [1.165, 1.54) is 23.4 Å². The first-order valence-corrected chi connectivity index (χ1v) is 12.0. The number of nitrogens with zero attached hydrogens (tertiary/aromatic N) is 4. The molecule has 2 atom stereocenters. The lowest BCUT2D eigenvalue weighted by Gasteiger charge is -2.39. The Morgan fingerprint density at radius 3 is 2.67 bits per heavy atom. The Kier molecular flexibility index (Phi) is 6.43. The number of hydrogen-bond donors (Lipinski definition) is 2. The van der Waals surface area contributed by atoms with Gasteiger partial charge in [-0.3, -0.25) is 4.98 Å². The number of nitriles is 1. The fourth-order valence-electron chi connectivity index (χ4n) is 5.23. The standard InChI is InChI=1S/C27H32N6/c1-20-15-23(31-17-21-4-7-24(8-5-21)32-13-11-29-12-14-32)19-33(18-20)26-9-6-22(16-28)27-25(26)3-2-10-30-27/h2-10,20,23,29,31H,11-15,17-19H2,1H3. The predicted octanol–water partition coefficient (Wildman–Crippen LogP) is 3.52. The molecule has 2 aliphatic rings. The summed E-state index contributed by atoms with van der Waals surface area (Å²) in [4.78, 5) is 9.40. The summed E-state index contributed by atoms with van der Waals surface area (Å²) < 4.78 is 0. The Balaban J connectivity index is 1.26. The van der Waals surface area contributed by atoms with Gasteiger partial charge in [0.15, 0.2) is 0 Å². The molecule has 2 fully saturated rings. The van der Waals surface area contributed by atoms with Crippen molar-refractivity contribution in [1.82, 2.24) is 15.6 Å².